The average molecular weight is 266 g/mol. The van der Waals surface area contributed by atoms with Gasteiger partial charge in [0.2, 0.25) is 0 Å². The summed E-state index contributed by atoms with van der Waals surface area (Å²) in [5, 5.41) is 3.74. The van der Waals surface area contributed by atoms with E-state index in [0.29, 0.717) is 6.04 Å². The van der Waals surface area contributed by atoms with Gasteiger partial charge in [0.25, 0.3) is 0 Å². The summed E-state index contributed by atoms with van der Waals surface area (Å²) in [5.41, 5.74) is 5.64. The maximum atomic E-state index is 3.74. The normalized spacial score (nSPS) is 14.6. The summed E-state index contributed by atoms with van der Waals surface area (Å²) in [6, 6.07) is 18.0. The lowest BCUT2D eigenvalue weighted by Crippen LogP contribution is -2.21. The monoisotopic (exact) mass is 266 g/mol. The molecule has 0 aromatic heterocycles. The molecular weight excluding hydrogens is 244 g/mol. The molecule has 0 saturated carbocycles. The molecule has 0 bridgehead atoms. The third-order valence-electron chi connectivity index (χ3n) is 3.91. The Labute approximate surface area is 121 Å². The number of hydrogen-bond donors (Lipinski definition) is 1. The molecular formula is C18H22N2. The highest BCUT2D eigenvalue weighted by Gasteiger charge is 2.21. The van der Waals surface area contributed by atoms with E-state index in [2.05, 4.69) is 72.8 Å². The predicted molar refractivity (Wildman–Crippen MR) is 85.1 cm³/mol. The van der Waals surface area contributed by atoms with Gasteiger partial charge < -0.3 is 10.2 Å². The molecule has 2 nitrogen and oxygen atoms in total. The Bertz CT molecular complexity index is 564. The maximum absolute atomic E-state index is 3.74. The minimum absolute atomic E-state index is 0.524. The van der Waals surface area contributed by atoms with Gasteiger partial charge in [-0.05, 0) is 49.7 Å². The molecule has 2 aromatic carbocycles. The van der Waals surface area contributed by atoms with Crippen molar-refractivity contribution in [3.05, 3.63) is 65.2 Å². The Morgan fingerprint density at radius 3 is 2.20 bits per heavy atom. The number of rotatable bonds is 4. The van der Waals surface area contributed by atoms with E-state index in [-0.39, 0.29) is 0 Å². The summed E-state index contributed by atoms with van der Waals surface area (Å²) in [5.74, 6) is 0. The van der Waals surface area contributed by atoms with Crippen molar-refractivity contribution in [1.82, 2.24) is 4.90 Å². The van der Waals surface area contributed by atoms with Crippen LogP contribution in [-0.4, -0.2) is 25.0 Å². The summed E-state index contributed by atoms with van der Waals surface area (Å²) >= 11 is 0. The second kappa shape index (κ2) is 5.68. The van der Waals surface area contributed by atoms with Crippen molar-refractivity contribution in [2.75, 3.05) is 19.4 Å². The topological polar surface area (TPSA) is 15.3 Å². The number of nitrogens with one attached hydrogen (secondary N) is 1. The Morgan fingerprint density at radius 2 is 1.55 bits per heavy atom. The molecule has 0 radical (unpaired) electrons. The molecule has 0 aliphatic heterocycles. The molecule has 1 N–H and O–H groups in total. The first kappa shape index (κ1) is 13.2. The summed E-state index contributed by atoms with van der Waals surface area (Å²) in [6.07, 6.45) is 2.26. The molecule has 0 amide bonds. The van der Waals surface area contributed by atoms with E-state index in [9.17, 15) is 0 Å². The molecule has 2 heteroatoms. The van der Waals surface area contributed by atoms with Crippen molar-refractivity contribution >= 4 is 5.69 Å². The zero-order chi connectivity index (χ0) is 13.9. The van der Waals surface area contributed by atoms with E-state index >= 15 is 0 Å². The van der Waals surface area contributed by atoms with Crippen LogP contribution in [0, 0.1) is 0 Å². The van der Waals surface area contributed by atoms with Gasteiger partial charge in [0, 0.05) is 18.3 Å². The molecule has 0 spiro atoms. The Morgan fingerprint density at radius 1 is 0.950 bits per heavy atom. The molecule has 0 heterocycles. The van der Waals surface area contributed by atoms with E-state index < -0.39 is 0 Å². The van der Waals surface area contributed by atoms with Gasteiger partial charge in [0.1, 0.15) is 0 Å². The molecule has 0 atom stereocenters. The van der Waals surface area contributed by atoms with Crippen molar-refractivity contribution in [2.24, 2.45) is 0 Å². The minimum atomic E-state index is 0.524. The van der Waals surface area contributed by atoms with Crippen LogP contribution >= 0.6 is 0 Å². The molecule has 0 saturated heterocycles. The summed E-state index contributed by atoms with van der Waals surface area (Å²) in [7, 11) is 4.23. The first-order chi connectivity index (χ1) is 9.72. The van der Waals surface area contributed by atoms with Crippen molar-refractivity contribution in [2.45, 2.75) is 25.4 Å². The number of nitrogens with zero attached hydrogens (tertiary/aromatic N) is 1. The van der Waals surface area contributed by atoms with Crippen LogP contribution in [0.5, 0.6) is 0 Å². The second-order valence-corrected chi connectivity index (χ2v) is 5.91. The fraction of sp³-hybridized carbons (Fsp3) is 0.333. The van der Waals surface area contributed by atoms with E-state index in [1.807, 2.05) is 0 Å². The van der Waals surface area contributed by atoms with Crippen LogP contribution in [-0.2, 0) is 19.4 Å². The number of benzene rings is 2. The highest BCUT2D eigenvalue weighted by Crippen LogP contribution is 2.26. The van der Waals surface area contributed by atoms with Gasteiger partial charge in [-0.2, -0.15) is 0 Å². The van der Waals surface area contributed by atoms with Crippen LogP contribution in [0.4, 0.5) is 5.69 Å². The highest BCUT2D eigenvalue weighted by molar-refractivity contribution is 5.53. The van der Waals surface area contributed by atoms with E-state index in [1.165, 1.54) is 22.4 Å². The van der Waals surface area contributed by atoms with Gasteiger partial charge in [-0.15, -0.1) is 0 Å². The van der Waals surface area contributed by atoms with Crippen LogP contribution in [0.2, 0.25) is 0 Å². The van der Waals surface area contributed by atoms with Gasteiger partial charge >= 0.3 is 0 Å². The highest BCUT2D eigenvalue weighted by atomic mass is 15.1. The van der Waals surface area contributed by atoms with Crippen molar-refractivity contribution in [3.8, 4) is 0 Å². The SMILES string of the molecule is CN(C)Cc1ccccc1NC1Cc2ccccc2C1. The molecule has 1 aliphatic rings. The second-order valence-electron chi connectivity index (χ2n) is 5.91. The van der Waals surface area contributed by atoms with Crippen LogP contribution in [0.15, 0.2) is 48.5 Å². The zero-order valence-corrected chi connectivity index (χ0v) is 12.3. The van der Waals surface area contributed by atoms with Crippen molar-refractivity contribution in [3.63, 3.8) is 0 Å². The standard InChI is InChI=1S/C18H22N2/c1-20(2)13-16-9-5-6-10-18(16)19-17-11-14-7-3-4-8-15(14)12-17/h3-10,17,19H,11-13H2,1-2H3. The Balaban J connectivity index is 1.74. The smallest absolute Gasteiger partial charge is 0.0388 e. The van der Waals surface area contributed by atoms with Crippen LogP contribution < -0.4 is 5.32 Å². The molecule has 104 valence electrons. The van der Waals surface area contributed by atoms with E-state index in [4.69, 9.17) is 0 Å². The van der Waals surface area contributed by atoms with E-state index in [1.54, 1.807) is 0 Å². The summed E-state index contributed by atoms with van der Waals surface area (Å²) in [6.45, 7) is 0.975. The van der Waals surface area contributed by atoms with Gasteiger partial charge in [0.05, 0.1) is 0 Å². The quantitative estimate of drug-likeness (QED) is 0.913. The maximum Gasteiger partial charge on any atom is 0.0388 e. The lowest BCUT2D eigenvalue weighted by atomic mass is 10.1. The molecule has 0 fully saturated rings. The summed E-state index contributed by atoms with van der Waals surface area (Å²) < 4.78 is 0. The number of fused-ring (bicyclic) bond motifs is 1. The Kier molecular flexibility index (Phi) is 3.75. The fourth-order valence-electron chi connectivity index (χ4n) is 3.02. The molecule has 0 unspecified atom stereocenters. The molecule has 2 aromatic rings. The molecule has 3 rings (SSSR count). The van der Waals surface area contributed by atoms with Gasteiger partial charge in [-0.1, -0.05) is 42.5 Å². The van der Waals surface area contributed by atoms with Crippen LogP contribution in [0.25, 0.3) is 0 Å². The van der Waals surface area contributed by atoms with Crippen LogP contribution in [0.1, 0.15) is 16.7 Å². The number of anilines is 1. The molecule has 20 heavy (non-hydrogen) atoms. The van der Waals surface area contributed by atoms with Gasteiger partial charge in [-0.3, -0.25) is 0 Å². The van der Waals surface area contributed by atoms with E-state index in [0.717, 1.165) is 19.4 Å². The van der Waals surface area contributed by atoms with Crippen molar-refractivity contribution in [1.29, 1.82) is 0 Å². The fourth-order valence-corrected chi connectivity index (χ4v) is 3.02. The lowest BCUT2D eigenvalue weighted by Gasteiger charge is -2.19. The van der Waals surface area contributed by atoms with Gasteiger partial charge in [-0.25, -0.2) is 0 Å². The predicted octanol–water partition coefficient (Wildman–Crippen LogP) is 3.33. The number of para-hydroxylation sites is 1. The largest absolute Gasteiger partial charge is 0.381 e. The third kappa shape index (κ3) is 2.86. The summed E-state index contributed by atoms with van der Waals surface area (Å²) in [4.78, 5) is 2.21. The van der Waals surface area contributed by atoms with Gasteiger partial charge in [0.15, 0.2) is 0 Å². The zero-order valence-electron chi connectivity index (χ0n) is 12.3. The number of hydrogen-bond acceptors (Lipinski definition) is 2. The van der Waals surface area contributed by atoms with Crippen molar-refractivity contribution < 1.29 is 0 Å². The lowest BCUT2D eigenvalue weighted by molar-refractivity contribution is 0.403. The average Bonchev–Trinajstić information content (AvgIpc) is 2.82. The third-order valence-corrected chi connectivity index (χ3v) is 3.91. The Hall–Kier alpha value is -1.80. The minimum Gasteiger partial charge on any atom is -0.381 e. The van der Waals surface area contributed by atoms with Crippen LogP contribution in [0.3, 0.4) is 0 Å². The first-order valence-corrected chi connectivity index (χ1v) is 7.28. The first-order valence-electron chi connectivity index (χ1n) is 7.28. The molecule has 1 aliphatic carbocycles.